The second-order valence-corrected chi connectivity index (χ2v) is 6.84. The molecule has 0 bridgehead atoms. The zero-order valence-corrected chi connectivity index (χ0v) is 14.1. The monoisotopic (exact) mass is 320 g/mol. The van der Waals surface area contributed by atoms with Crippen molar-refractivity contribution in [2.45, 2.75) is 25.6 Å². The van der Waals surface area contributed by atoms with E-state index in [-0.39, 0.29) is 0 Å². The second kappa shape index (κ2) is 7.37. The van der Waals surface area contributed by atoms with E-state index in [4.69, 9.17) is 4.74 Å². The van der Waals surface area contributed by atoms with Crippen LogP contribution >= 0.6 is 11.3 Å². The summed E-state index contributed by atoms with van der Waals surface area (Å²) in [6.07, 6.45) is 4.29. The van der Waals surface area contributed by atoms with Crippen LogP contribution in [0.1, 0.15) is 23.4 Å². The van der Waals surface area contributed by atoms with E-state index in [1.807, 2.05) is 29.3 Å². The number of nitrogens with zero attached hydrogens (tertiary/aromatic N) is 3. The Labute approximate surface area is 135 Å². The first-order chi connectivity index (χ1) is 10.7. The summed E-state index contributed by atoms with van der Waals surface area (Å²) >= 11 is 1.84. The van der Waals surface area contributed by atoms with Gasteiger partial charge in [-0.2, -0.15) is 5.10 Å². The van der Waals surface area contributed by atoms with E-state index in [1.165, 1.54) is 10.4 Å². The van der Waals surface area contributed by atoms with Crippen molar-refractivity contribution >= 4 is 11.3 Å². The zero-order valence-electron chi connectivity index (χ0n) is 13.2. The molecule has 1 fully saturated rings. The lowest BCUT2D eigenvalue weighted by atomic mass is 10.1. The van der Waals surface area contributed by atoms with Crippen molar-refractivity contribution in [2.75, 3.05) is 26.2 Å². The van der Waals surface area contributed by atoms with Crippen LogP contribution in [0.3, 0.4) is 0 Å². The van der Waals surface area contributed by atoms with Crippen molar-refractivity contribution in [3.8, 4) is 0 Å². The first-order valence-corrected chi connectivity index (χ1v) is 8.67. The highest BCUT2D eigenvalue weighted by atomic mass is 32.1. The van der Waals surface area contributed by atoms with Gasteiger partial charge in [-0.05, 0) is 18.4 Å². The van der Waals surface area contributed by atoms with Gasteiger partial charge in [0, 0.05) is 49.9 Å². The minimum atomic E-state index is 0.314. The van der Waals surface area contributed by atoms with E-state index in [9.17, 15) is 0 Å². The fraction of sp³-hybridized carbons (Fsp3) is 0.562. The molecule has 3 heterocycles. The lowest BCUT2D eigenvalue weighted by Crippen LogP contribution is -2.45. The first-order valence-electron chi connectivity index (χ1n) is 7.79. The summed E-state index contributed by atoms with van der Waals surface area (Å²) in [6.45, 7) is 6.78. The van der Waals surface area contributed by atoms with Crippen LogP contribution in [0.15, 0.2) is 29.9 Å². The van der Waals surface area contributed by atoms with Crippen LogP contribution in [0.5, 0.6) is 0 Å². The Bertz CT molecular complexity index is 568. The van der Waals surface area contributed by atoms with Crippen molar-refractivity contribution in [2.24, 2.45) is 7.05 Å². The molecule has 1 N–H and O–H groups in total. The van der Waals surface area contributed by atoms with E-state index in [2.05, 4.69) is 45.9 Å². The summed E-state index contributed by atoms with van der Waals surface area (Å²) in [5.74, 6) is 0. The molecule has 0 aromatic carbocycles. The summed E-state index contributed by atoms with van der Waals surface area (Å²) in [5.41, 5.74) is 1.22. The van der Waals surface area contributed by atoms with E-state index in [0.29, 0.717) is 12.1 Å². The van der Waals surface area contributed by atoms with Gasteiger partial charge in [0.15, 0.2) is 0 Å². The van der Waals surface area contributed by atoms with Gasteiger partial charge in [-0.1, -0.05) is 6.07 Å². The van der Waals surface area contributed by atoms with Crippen LogP contribution in [0.4, 0.5) is 0 Å². The highest BCUT2D eigenvalue weighted by molar-refractivity contribution is 7.10. The van der Waals surface area contributed by atoms with Gasteiger partial charge in [0.25, 0.3) is 0 Å². The second-order valence-electron chi connectivity index (χ2n) is 5.86. The van der Waals surface area contributed by atoms with Gasteiger partial charge < -0.3 is 10.1 Å². The highest BCUT2D eigenvalue weighted by Gasteiger charge is 2.25. The highest BCUT2D eigenvalue weighted by Crippen LogP contribution is 2.26. The molecule has 1 saturated heterocycles. The Balaban J connectivity index is 1.61. The third-order valence-electron chi connectivity index (χ3n) is 4.01. The van der Waals surface area contributed by atoms with Crippen LogP contribution in [-0.2, 0) is 18.3 Å². The number of hydrogen-bond donors (Lipinski definition) is 1. The normalized spacial score (nSPS) is 21.1. The van der Waals surface area contributed by atoms with Gasteiger partial charge in [0.2, 0.25) is 0 Å². The van der Waals surface area contributed by atoms with Gasteiger partial charge in [-0.3, -0.25) is 9.58 Å². The molecule has 22 heavy (non-hydrogen) atoms. The molecular weight excluding hydrogens is 296 g/mol. The molecule has 3 rings (SSSR count). The molecule has 0 spiro atoms. The summed E-state index contributed by atoms with van der Waals surface area (Å²) in [6, 6.07) is 4.79. The largest absolute Gasteiger partial charge is 0.376 e. The lowest BCUT2D eigenvalue weighted by Gasteiger charge is -2.37. The number of thiophene rings is 1. The SMILES string of the molecule is C[C@H]1CN([C@H](CNCc2cnn(C)c2)c2cccs2)CCO1. The maximum Gasteiger partial charge on any atom is 0.0674 e. The van der Waals surface area contributed by atoms with Crippen LogP contribution in [0, 0.1) is 0 Å². The van der Waals surface area contributed by atoms with E-state index in [1.54, 1.807) is 0 Å². The minimum absolute atomic E-state index is 0.314. The van der Waals surface area contributed by atoms with Gasteiger partial charge >= 0.3 is 0 Å². The predicted octanol–water partition coefficient (Wildman–Crippen LogP) is 2.03. The van der Waals surface area contributed by atoms with Gasteiger partial charge in [0.05, 0.1) is 24.9 Å². The summed E-state index contributed by atoms with van der Waals surface area (Å²) in [4.78, 5) is 3.96. The van der Waals surface area contributed by atoms with Crippen molar-refractivity contribution in [3.63, 3.8) is 0 Å². The molecule has 0 unspecified atom stereocenters. The quantitative estimate of drug-likeness (QED) is 0.884. The molecule has 2 aromatic heterocycles. The summed E-state index contributed by atoms with van der Waals surface area (Å²) in [7, 11) is 1.95. The Morgan fingerprint density at radius 1 is 1.55 bits per heavy atom. The Morgan fingerprint density at radius 3 is 3.14 bits per heavy atom. The van der Waals surface area contributed by atoms with Crippen LogP contribution in [-0.4, -0.2) is 47.0 Å². The number of morpholine rings is 1. The lowest BCUT2D eigenvalue weighted by molar-refractivity contribution is -0.0339. The molecule has 1 aliphatic heterocycles. The molecule has 6 heteroatoms. The molecule has 2 aromatic rings. The summed E-state index contributed by atoms with van der Waals surface area (Å²) in [5, 5.41) is 9.96. The number of ether oxygens (including phenoxy) is 1. The smallest absolute Gasteiger partial charge is 0.0674 e. The number of rotatable bonds is 6. The molecule has 0 amide bonds. The number of hydrogen-bond acceptors (Lipinski definition) is 5. The molecule has 5 nitrogen and oxygen atoms in total. The molecule has 0 radical (unpaired) electrons. The van der Waals surface area contributed by atoms with Gasteiger partial charge in [-0.25, -0.2) is 0 Å². The molecule has 1 aliphatic rings. The molecular formula is C16H24N4OS. The molecule has 120 valence electrons. The van der Waals surface area contributed by atoms with Crippen LogP contribution in [0.2, 0.25) is 0 Å². The number of aryl methyl sites for hydroxylation is 1. The van der Waals surface area contributed by atoms with Crippen molar-refractivity contribution in [1.29, 1.82) is 0 Å². The van der Waals surface area contributed by atoms with Gasteiger partial charge in [-0.15, -0.1) is 11.3 Å². The van der Waals surface area contributed by atoms with E-state index < -0.39 is 0 Å². The predicted molar refractivity (Wildman–Crippen MR) is 89.0 cm³/mol. The average Bonchev–Trinajstić information content (AvgIpc) is 3.15. The minimum Gasteiger partial charge on any atom is -0.376 e. The Morgan fingerprint density at radius 2 is 2.45 bits per heavy atom. The van der Waals surface area contributed by atoms with Crippen LogP contribution < -0.4 is 5.32 Å². The standard InChI is InChI=1S/C16H24N4OS/c1-13-11-20(5-6-21-13)15(16-4-3-7-22-16)10-17-8-14-9-18-19(2)12-14/h3-4,7,9,12-13,15,17H,5-6,8,10-11H2,1-2H3/t13-,15+/m0/s1. The third kappa shape index (κ3) is 3.95. The van der Waals surface area contributed by atoms with E-state index in [0.717, 1.165) is 32.8 Å². The van der Waals surface area contributed by atoms with Crippen molar-refractivity contribution in [3.05, 3.63) is 40.3 Å². The van der Waals surface area contributed by atoms with Crippen molar-refractivity contribution < 1.29 is 4.74 Å². The summed E-state index contributed by atoms with van der Waals surface area (Å²) < 4.78 is 7.53. The maximum absolute atomic E-state index is 5.68. The average molecular weight is 320 g/mol. The zero-order chi connectivity index (χ0) is 15.4. The van der Waals surface area contributed by atoms with E-state index >= 15 is 0 Å². The molecule has 0 aliphatic carbocycles. The number of nitrogens with one attached hydrogen (secondary N) is 1. The third-order valence-corrected chi connectivity index (χ3v) is 4.98. The fourth-order valence-electron chi connectivity index (χ4n) is 2.94. The van der Waals surface area contributed by atoms with Gasteiger partial charge in [0.1, 0.15) is 0 Å². The number of aromatic nitrogens is 2. The topological polar surface area (TPSA) is 42.3 Å². The van der Waals surface area contributed by atoms with Crippen LogP contribution in [0.25, 0.3) is 0 Å². The Hall–Kier alpha value is -1.21. The van der Waals surface area contributed by atoms with Crippen molar-refractivity contribution in [1.82, 2.24) is 20.0 Å². The first kappa shape index (κ1) is 15.7. The Kier molecular flexibility index (Phi) is 5.25. The molecule has 0 saturated carbocycles. The fourth-order valence-corrected chi connectivity index (χ4v) is 3.80. The maximum atomic E-state index is 5.68. The molecule has 2 atom stereocenters.